The summed E-state index contributed by atoms with van der Waals surface area (Å²) in [6.07, 6.45) is -3.88. The van der Waals surface area contributed by atoms with Gasteiger partial charge < -0.3 is 9.80 Å². The normalized spacial score (nSPS) is 21.2. The molecule has 0 saturated carbocycles. The summed E-state index contributed by atoms with van der Waals surface area (Å²) in [6.45, 7) is 5.80. The van der Waals surface area contributed by atoms with Crippen LogP contribution in [-0.2, 0) is 16.0 Å². The average molecular weight is 471 g/mol. The van der Waals surface area contributed by atoms with Gasteiger partial charge in [0, 0.05) is 31.7 Å². The van der Waals surface area contributed by atoms with E-state index in [1.165, 1.54) is 12.1 Å². The van der Waals surface area contributed by atoms with E-state index >= 15 is 0 Å². The molecule has 2 aliphatic heterocycles. The molecule has 0 radical (unpaired) electrons. The minimum Gasteiger partial charge on any atom is -0.365 e. The minimum atomic E-state index is -4.43. The number of nitrogens with zero attached hydrogens (tertiary/aromatic N) is 4. The summed E-state index contributed by atoms with van der Waals surface area (Å²) in [6, 6.07) is 4.12. The number of carbonyl (C=O) groups is 1. The van der Waals surface area contributed by atoms with Crippen LogP contribution >= 0.6 is 0 Å². The number of amides is 1. The smallest absolute Gasteiger partial charge is 0.365 e. The molecular weight excluding hydrogens is 445 g/mol. The lowest BCUT2D eigenvalue weighted by molar-refractivity contribution is -0.137. The molecule has 4 rings (SSSR count). The van der Waals surface area contributed by atoms with Gasteiger partial charge in [0.15, 0.2) is 9.84 Å². The molecule has 1 unspecified atom stereocenters. The number of halogens is 3. The van der Waals surface area contributed by atoms with E-state index in [-0.39, 0.29) is 29.0 Å². The summed E-state index contributed by atoms with van der Waals surface area (Å²) >= 11 is 0. The number of rotatable bonds is 3. The SMILES string of the molecule is Cc1nn(C2CCS(=O)(=O)C2)c(C)c1N1CCN(C(=O)c2ccc(C(F)(F)F)cc2)CC1. The van der Waals surface area contributed by atoms with Crippen LogP contribution in [0.15, 0.2) is 24.3 Å². The first kappa shape index (κ1) is 22.6. The molecule has 1 atom stereocenters. The Hall–Kier alpha value is -2.56. The fraction of sp³-hybridized carbons (Fsp3) is 0.524. The molecule has 174 valence electrons. The van der Waals surface area contributed by atoms with Gasteiger partial charge in [0.1, 0.15) is 0 Å². The van der Waals surface area contributed by atoms with E-state index in [1.807, 2.05) is 18.5 Å². The van der Waals surface area contributed by atoms with Crippen molar-refractivity contribution in [2.24, 2.45) is 0 Å². The molecular formula is C21H25F3N4O3S. The molecule has 1 aromatic carbocycles. The number of anilines is 1. The van der Waals surface area contributed by atoms with Gasteiger partial charge in [-0.05, 0) is 44.5 Å². The van der Waals surface area contributed by atoms with E-state index in [2.05, 4.69) is 10.00 Å². The van der Waals surface area contributed by atoms with Crippen LogP contribution in [0.25, 0.3) is 0 Å². The van der Waals surface area contributed by atoms with Gasteiger partial charge >= 0.3 is 6.18 Å². The molecule has 0 N–H and O–H groups in total. The number of carbonyl (C=O) groups excluding carboxylic acids is 1. The quantitative estimate of drug-likeness (QED) is 0.690. The summed E-state index contributed by atoms with van der Waals surface area (Å²) in [4.78, 5) is 16.5. The molecule has 0 bridgehead atoms. The Morgan fingerprint density at radius 3 is 2.22 bits per heavy atom. The Bertz CT molecular complexity index is 1120. The standard InChI is InChI=1S/C21H25F3N4O3S/c1-14-19(15(2)28(25-14)18-7-12-32(30,31)13-18)26-8-10-27(11-9-26)20(29)16-3-5-17(6-4-16)21(22,23)24/h3-6,18H,7-13H2,1-2H3. The molecule has 3 heterocycles. The monoisotopic (exact) mass is 470 g/mol. The number of aryl methyl sites for hydroxylation is 1. The Balaban J connectivity index is 1.43. The predicted octanol–water partition coefficient (Wildman–Crippen LogP) is 2.84. The van der Waals surface area contributed by atoms with Gasteiger partial charge in [-0.2, -0.15) is 18.3 Å². The van der Waals surface area contributed by atoms with Gasteiger partial charge in [-0.1, -0.05) is 0 Å². The first-order valence-electron chi connectivity index (χ1n) is 10.4. The van der Waals surface area contributed by atoms with Crippen LogP contribution in [0.1, 0.15) is 39.8 Å². The third-order valence-electron chi connectivity index (χ3n) is 6.18. The summed E-state index contributed by atoms with van der Waals surface area (Å²) in [5.41, 5.74) is 2.13. The highest BCUT2D eigenvalue weighted by molar-refractivity contribution is 7.91. The van der Waals surface area contributed by atoms with Gasteiger partial charge in [-0.25, -0.2) is 8.42 Å². The largest absolute Gasteiger partial charge is 0.416 e. The van der Waals surface area contributed by atoms with Crippen molar-refractivity contribution in [1.29, 1.82) is 0 Å². The molecule has 1 aromatic heterocycles. The van der Waals surface area contributed by atoms with Crippen LogP contribution in [0.5, 0.6) is 0 Å². The van der Waals surface area contributed by atoms with Gasteiger partial charge in [-0.3, -0.25) is 9.48 Å². The Labute approximate surface area is 184 Å². The van der Waals surface area contributed by atoms with E-state index in [0.29, 0.717) is 32.6 Å². The highest BCUT2D eigenvalue weighted by Crippen LogP contribution is 2.32. The Morgan fingerprint density at radius 1 is 1.06 bits per heavy atom. The molecule has 2 aromatic rings. The minimum absolute atomic E-state index is 0.101. The van der Waals surface area contributed by atoms with Crippen molar-refractivity contribution in [2.45, 2.75) is 32.5 Å². The molecule has 0 spiro atoms. The second kappa shape index (κ2) is 8.09. The van der Waals surface area contributed by atoms with Gasteiger partial charge in [0.05, 0.1) is 40.2 Å². The van der Waals surface area contributed by atoms with Gasteiger partial charge in [-0.15, -0.1) is 0 Å². The predicted molar refractivity (Wildman–Crippen MR) is 114 cm³/mol. The highest BCUT2D eigenvalue weighted by atomic mass is 32.2. The van der Waals surface area contributed by atoms with Crippen LogP contribution in [0.4, 0.5) is 18.9 Å². The number of hydrogen-bond donors (Lipinski definition) is 0. The van der Waals surface area contributed by atoms with Gasteiger partial charge in [0.25, 0.3) is 5.91 Å². The first-order valence-corrected chi connectivity index (χ1v) is 12.3. The van der Waals surface area contributed by atoms with Crippen LogP contribution in [-0.4, -0.2) is 66.7 Å². The third-order valence-corrected chi connectivity index (χ3v) is 7.93. The van der Waals surface area contributed by atoms with Crippen molar-refractivity contribution < 1.29 is 26.4 Å². The van der Waals surface area contributed by atoms with Crippen molar-refractivity contribution in [1.82, 2.24) is 14.7 Å². The van der Waals surface area contributed by atoms with E-state index in [1.54, 1.807) is 4.90 Å². The van der Waals surface area contributed by atoms with E-state index in [4.69, 9.17) is 0 Å². The van der Waals surface area contributed by atoms with Crippen LogP contribution in [0.3, 0.4) is 0 Å². The molecule has 2 aliphatic rings. The topological polar surface area (TPSA) is 75.5 Å². The van der Waals surface area contributed by atoms with Crippen LogP contribution in [0, 0.1) is 13.8 Å². The second-order valence-corrected chi connectivity index (χ2v) is 10.6. The number of aromatic nitrogens is 2. The van der Waals surface area contributed by atoms with Crippen molar-refractivity contribution in [3.8, 4) is 0 Å². The van der Waals surface area contributed by atoms with E-state index in [0.717, 1.165) is 29.2 Å². The number of sulfone groups is 1. The summed E-state index contributed by atoms with van der Waals surface area (Å²) in [5, 5.41) is 4.60. The Kier molecular flexibility index (Phi) is 5.72. The fourth-order valence-corrected chi connectivity index (χ4v) is 6.25. The lowest BCUT2D eigenvalue weighted by atomic mass is 10.1. The maximum Gasteiger partial charge on any atom is 0.416 e. The zero-order valence-corrected chi connectivity index (χ0v) is 18.7. The fourth-order valence-electron chi connectivity index (χ4n) is 4.55. The number of benzene rings is 1. The number of alkyl halides is 3. The summed E-state index contributed by atoms with van der Waals surface area (Å²) < 4.78 is 63.8. The molecule has 7 nitrogen and oxygen atoms in total. The zero-order valence-electron chi connectivity index (χ0n) is 17.9. The average Bonchev–Trinajstić information content (AvgIpc) is 3.25. The maximum absolute atomic E-state index is 12.7. The molecule has 32 heavy (non-hydrogen) atoms. The van der Waals surface area contributed by atoms with E-state index in [9.17, 15) is 26.4 Å². The van der Waals surface area contributed by atoms with E-state index < -0.39 is 21.6 Å². The van der Waals surface area contributed by atoms with Crippen molar-refractivity contribution in [3.63, 3.8) is 0 Å². The van der Waals surface area contributed by atoms with Crippen LogP contribution < -0.4 is 4.90 Å². The molecule has 2 saturated heterocycles. The summed E-state index contributed by atoms with van der Waals surface area (Å²) in [7, 11) is -3.02. The number of hydrogen-bond acceptors (Lipinski definition) is 5. The second-order valence-electron chi connectivity index (χ2n) is 8.38. The summed E-state index contributed by atoms with van der Waals surface area (Å²) in [5.74, 6) is -0.0152. The first-order chi connectivity index (χ1) is 15.0. The van der Waals surface area contributed by atoms with Crippen molar-refractivity contribution in [3.05, 3.63) is 46.8 Å². The molecule has 0 aliphatic carbocycles. The third kappa shape index (κ3) is 4.35. The molecule has 11 heteroatoms. The lowest BCUT2D eigenvalue weighted by Crippen LogP contribution is -2.49. The van der Waals surface area contributed by atoms with Gasteiger partial charge in [0.2, 0.25) is 0 Å². The van der Waals surface area contributed by atoms with Crippen molar-refractivity contribution >= 4 is 21.4 Å². The molecule has 1 amide bonds. The van der Waals surface area contributed by atoms with Crippen LogP contribution in [0.2, 0.25) is 0 Å². The zero-order chi connectivity index (χ0) is 23.3. The molecule has 2 fully saturated rings. The van der Waals surface area contributed by atoms with Crippen molar-refractivity contribution in [2.75, 3.05) is 42.6 Å². The highest BCUT2D eigenvalue weighted by Gasteiger charge is 2.33. The maximum atomic E-state index is 12.7. The lowest BCUT2D eigenvalue weighted by Gasteiger charge is -2.36. The number of piperazine rings is 1. The Morgan fingerprint density at radius 2 is 1.69 bits per heavy atom.